The molecule has 0 bridgehead atoms. The van der Waals surface area contributed by atoms with E-state index in [-0.39, 0.29) is 6.04 Å². The minimum absolute atomic E-state index is 0.123. The molecule has 1 saturated heterocycles. The lowest BCUT2D eigenvalue weighted by Crippen LogP contribution is -2.44. The highest BCUT2D eigenvalue weighted by Gasteiger charge is 2.20. The van der Waals surface area contributed by atoms with E-state index in [0.29, 0.717) is 0 Å². The van der Waals surface area contributed by atoms with Crippen molar-refractivity contribution in [3.05, 3.63) is 11.6 Å². The van der Waals surface area contributed by atoms with Crippen molar-refractivity contribution in [3.63, 3.8) is 0 Å². The van der Waals surface area contributed by atoms with Gasteiger partial charge in [0.25, 0.3) is 0 Å². The second kappa shape index (κ2) is 5.80. The molecule has 94 valence electrons. The molecule has 1 fully saturated rings. The van der Waals surface area contributed by atoms with Gasteiger partial charge in [0.1, 0.15) is 0 Å². The molecule has 0 aromatic rings. The predicted molar refractivity (Wildman–Crippen MR) is 66.9 cm³/mol. The van der Waals surface area contributed by atoms with Crippen molar-refractivity contribution in [1.29, 1.82) is 0 Å². The van der Waals surface area contributed by atoms with E-state index in [1.807, 2.05) is 0 Å². The van der Waals surface area contributed by atoms with E-state index < -0.39 is 10.0 Å². The van der Waals surface area contributed by atoms with E-state index in [1.54, 1.807) is 0 Å². The first kappa shape index (κ1) is 13.7. The molecule has 0 atom stereocenters. The van der Waals surface area contributed by atoms with Crippen molar-refractivity contribution in [2.24, 2.45) is 0 Å². The SMILES string of the molecule is CC(C)=CCN1CCC(NS(C)(=O)=O)CC1. The molecule has 0 unspecified atom stereocenters. The molecule has 0 aromatic heterocycles. The maximum Gasteiger partial charge on any atom is 0.208 e. The molecule has 1 aliphatic rings. The van der Waals surface area contributed by atoms with Crippen molar-refractivity contribution < 1.29 is 8.42 Å². The molecule has 1 rings (SSSR count). The van der Waals surface area contributed by atoms with Crippen LogP contribution in [0.5, 0.6) is 0 Å². The van der Waals surface area contributed by atoms with Crippen LogP contribution < -0.4 is 4.72 Å². The van der Waals surface area contributed by atoms with Gasteiger partial charge in [-0.3, -0.25) is 4.90 Å². The first-order chi connectivity index (χ1) is 7.37. The number of piperidine rings is 1. The van der Waals surface area contributed by atoms with Crippen molar-refractivity contribution in [2.45, 2.75) is 32.7 Å². The Balaban J connectivity index is 2.31. The minimum Gasteiger partial charge on any atom is -0.300 e. The molecule has 1 heterocycles. The Kier molecular flexibility index (Phi) is 4.95. The third-order valence-electron chi connectivity index (χ3n) is 2.73. The summed E-state index contributed by atoms with van der Waals surface area (Å²) in [5.74, 6) is 0. The Bertz CT molecular complexity index is 337. The smallest absolute Gasteiger partial charge is 0.208 e. The Hall–Kier alpha value is -0.390. The van der Waals surface area contributed by atoms with Gasteiger partial charge in [-0.2, -0.15) is 0 Å². The number of rotatable bonds is 4. The van der Waals surface area contributed by atoms with E-state index in [0.717, 1.165) is 32.5 Å². The summed E-state index contributed by atoms with van der Waals surface area (Å²) >= 11 is 0. The molecule has 5 heteroatoms. The monoisotopic (exact) mass is 246 g/mol. The van der Waals surface area contributed by atoms with Gasteiger partial charge in [-0.25, -0.2) is 13.1 Å². The third-order valence-corrected chi connectivity index (χ3v) is 3.49. The summed E-state index contributed by atoms with van der Waals surface area (Å²) in [7, 11) is -3.05. The Morgan fingerprint density at radius 2 is 1.94 bits per heavy atom. The zero-order chi connectivity index (χ0) is 12.2. The first-order valence-corrected chi connectivity index (χ1v) is 7.59. The maximum absolute atomic E-state index is 11.1. The van der Waals surface area contributed by atoms with Gasteiger partial charge in [0, 0.05) is 12.6 Å². The van der Waals surface area contributed by atoms with Gasteiger partial charge in [-0.05, 0) is 39.8 Å². The summed E-state index contributed by atoms with van der Waals surface area (Å²) < 4.78 is 24.8. The molecule has 4 nitrogen and oxygen atoms in total. The fourth-order valence-corrected chi connectivity index (χ4v) is 2.69. The highest BCUT2D eigenvalue weighted by Crippen LogP contribution is 2.11. The average molecular weight is 246 g/mol. The second-order valence-electron chi connectivity index (χ2n) is 4.75. The van der Waals surface area contributed by atoms with Gasteiger partial charge < -0.3 is 0 Å². The van der Waals surface area contributed by atoms with Gasteiger partial charge in [-0.15, -0.1) is 0 Å². The molecule has 0 radical (unpaired) electrons. The molecular formula is C11H22N2O2S. The molecule has 0 aliphatic carbocycles. The predicted octanol–water partition coefficient (Wildman–Crippen LogP) is 0.966. The molecular weight excluding hydrogens is 224 g/mol. The number of nitrogens with one attached hydrogen (secondary N) is 1. The lowest BCUT2D eigenvalue weighted by molar-refractivity contribution is 0.226. The molecule has 1 N–H and O–H groups in total. The fourth-order valence-electron chi connectivity index (χ4n) is 1.85. The van der Waals surface area contributed by atoms with Crippen molar-refractivity contribution in [1.82, 2.24) is 9.62 Å². The Labute approximate surface area is 98.8 Å². The second-order valence-corrected chi connectivity index (χ2v) is 6.53. The zero-order valence-electron chi connectivity index (χ0n) is 10.4. The Morgan fingerprint density at radius 1 is 1.38 bits per heavy atom. The van der Waals surface area contributed by atoms with Crippen LogP contribution in [0.4, 0.5) is 0 Å². The first-order valence-electron chi connectivity index (χ1n) is 5.70. The summed E-state index contributed by atoms with van der Waals surface area (Å²) in [5.41, 5.74) is 1.33. The van der Waals surface area contributed by atoms with Crippen molar-refractivity contribution >= 4 is 10.0 Å². The molecule has 0 spiro atoms. The fraction of sp³-hybridized carbons (Fsp3) is 0.818. The van der Waals surface area contributed by atoms with Crippen LogP contribution in [0.15, 0.2) is 11.6 Å². The molecule has 0 aromatic carbocycles. The van der Waals surface area contributed by atoms with Crippen LogP contribution in [0.3, 0.4) is 0 Å². The normalized spacial score (nSPS) is 19.7. The number of sulfonamides is 1. The maximum atomic E-state index is 11.1. The minimum atomic E-state index is -3.05. The summed E-state index contributed by atoms with van der Waals surface area (Å²) in [4.78, 5) is 2.35. The standard InChI is InChI=1S/C11H22N2O2S/c1-10(2)4-7-13-8-5-11(6-9-13)12-16(3,14)15/h4,11-12H,5-9H2,1-3H3. The van der Waals surface area contributed by atoms with Crippen LogP contribution in [0.1, 0.15) is 26.7 Å². The largest absolute Gasteiger partial charge is 0.300 e. The summed E-state index contributed by atoms with van der Waals surface area (Å²) in [5, 5.41) is 0. The van der Waals surface area contributed by atoms with Crippen molar-refractivity contribution in [3.8, 4) is 0 Å². The van der Waals surface area contributed by atoms with Crippen LogP contribution in [0.2, 0.25) is 0 Å². The van der Waals surface area contributed by atoms with Crippen LogP contribution in [-0.4, -0.2) is 45.2 Å². The van der Waals surface area contributed by atoms with Gasteiger partial charge in [-0.1, -0.05) is 11.6 Å². The summed E-state index contributed by atoms with van der Waals surface area (Å²) in [6.45, 7) is 7.11. The molecule has 0 amide bonds. The number of hydrogen-bond donors (Lipinski definition) is 1. The highest BCUT2D eigenvalue weighted by molar-refractivity contribution is 7.88. The van der Waals surface area contributed by atoms with E-state index >= 15 is 0 Å². The van der Waals surface area contributed by atoms with Crippen molar-refractivity contribution in [2.75, 3.05) is 25.9 Å². The van der Waals surface area contributed by atoms with Gasteiger partial charge in [0.05, 0.1) is 6.26 Å². The molecule has 0 saturated carbocycles. The van der Waals surface area contributed by atoms with Crippen LogP contribution in [0, 0.1) is 0 Å². The topological polar surface area (TPSA) is 49.4 Å². The number of allylic oxidation sites excluding steroid dienone is 1. The quantitative estimate of drug-likeness (QED) is 0.752. The van der Waals surface area contributed by atoms with Crippen LogP contribution in [0.25, 0.3) is 0 Å². The summed E-state index contributed by atoms with van der Waals surface area (Å²) in [6.07, 6.45) is 5.25. The van der Waals surface area contributed by atoms with Gasteiger partial charge in [0.2, 0.25) is 10.0 Å². The Morgan fingerprint density at radius 3 is 2.38 bits per heavy atom. The lowest BCUT2D eigenvalue weighted by atomic mass is 10.1. The van der Waals surface area contributed by atoms with Gasteiger partial charge in [0.15, 0.2) is 0 Å². The highest BCUT2D eigenvalue weighted by atomic mass is 32.2. The number of nitrogens with zero attached hydrogens (tertiary/aromatic N) is 1. The van der Waals surface area contributed by atoms with E-state index in [4.69, 9.17) is 0 Å². The molecule has 1 aliphatic heterocycles. The molecule has 16 heavy (non-hydrogen) atoms. The van der Waals surface area contributed by atoms with E-state index in [1.165, 1.54) is 11.8 Å². The number of hydrogen-bond acceptors (Lipinski definition) is 3. The zero-order valence-corrected chi connectivity index (χ0v) is 11.2. The number of likely N-dealkylation sites (tertiary alicyclic amines) is 1. The lowest BCUT2D eigenvalue weighted by Gasteiger charge is -2.31. The average Bonchev–Trinajstić information content (AvgIpc) is 2.14. The van der Waals surface area contributed by atoms with E-state index in [2.05, 4.69) is 29.5 Å². The van der Waals surface area contributed by atoms with Crippen LogP contribution >= 0.6 is 0 Å². The summed E-state index contributed by atoms with van der Waals surface area (Å²) in [6, 6.07) is 0.123. The van der Waals surface area contributed by atoms with E-state index in [9.17, 15) is 8.42 Å². The van der Waals surface area contributed by atoms with Gasteiger partial charge >= 0.3 is 0 Å². The third kappa shape index (κ3) is 5.63. The van der Waals surface area contributed by atoms with Crippen LogP contribution in [-0.2, 0) is 10.0 Å².